The number of carbonyl (C=O) groups excluding carboxylic acids is 1. The lowest BCUT2D eigenvalue weighted by molar-refractivity contribution is 0.102. The first kappa shape index (κ1) is 17.8. The van der Waals surface area contributed by atoms with Crippen LogP contribution in [-0.4, -0.2) is 24.1 Å². The number of primary sulfonamides is 1. The van der Waals surface area contributed by atoms with Crippen molar-refractivity contribution in [3.8, 4) is 5.69 Å². The molecule has 1 heterocycles. The van der Waals surface area contributed by atoms with Crippen LogP contribution in [0.3, 0.4) is 0 Å². The number of carbonyl (C=O) groups is 1. The van der Waals surface area contributed by atoms with Crippen LogP contribution in [0.15, 0.2) is 59.6 Å². The first-order valence-electron chi connectivity index (χ1n) is 7.51. The van der Waals surface area contributed by atoms with Crippen LogP contribution in [0.2, 0.25) is 0 Å². The molecular weight excluding hydrogens is 359 g/mol. The fourth-order valence-electron chi connectivity index (χ4n) is 2.45. The second-order valence-electron chi connectivity index (χ2n) is 5.53. The molecule has 1 aromatic heterocycles. The van der Waals surface area contributed by atoms with Gasteiger partial charge in [0.25, 0.3) is 5.91 Å². The van der Waals surface area contributed by atoms with Crippen molar-refractivity contribution in [3.63, 3.8) is 0 Å². The Morgan fingerprint density at radius 3 is 2.62 bits per heavy atom. The number of hydrogen-bond donors (Lipinski definition) is 2. The van der Waals surface area contributed by atoms with Gasteiger partial charge in [-0.3, -0.25) is 4.79 Å². The molecule has 3 rings (SSSR count). The lowest BCUT2D eigenvalue weighted by Gasteiger charge is -2.08. The van der Waals surface area contributed by atoms with E-state index in [0.717, 1.165) is 0 Å². The van der Waals surface area contributed by atoms with E-state index in [2.05, 4.69) is 10.4 Å². The number of benzene rings is 2. The second kappa shape index (κ2) is 6.70. The van der Waals surface area contributed by atoms with Gasteiger partial charge in [0.05, 0.1) is 22.3 Å². The van der Waals surface area contributed by atoms with E-state index in [1.165, 1.54) is 41.2 Å². The molecule has 26 heavy (non-hydrogen) atoms. The van der Waals surface area contributed by atoms with Gasteiger partial charge in [-0.2, -0.15) is 5.10 Å². The monoisotopic (exact) mass is 374 g/mol. The Bertz CT molecular complexity index is 1090. The third-order valence-corrected chi connectivity index (χ3v) is 4.67. The lowest BCUT2D eigenvalue weighted by Crippen LogP contribution is -2.15. The average molecular weight is 374 g/mol. The van der Waals surface area contributed by atoms with Crippen LogP contribution >= 0.6 is 0 Å². The van der Waals surface area contributed by atoms with Gasteiger partial charge in [-0.05, 0) is 37.3 Å². The molecule has 7 nitrogen and oxygen atoms in total. The van der Waals surface area contributed by atoms with Crippen LogP contribution in [0.4, 0.5) is 10.1 Å². The highest BCUT2D eigenvalue weighted by molar-refractivity contribution is 7.89. The standard InChI is InChI=1S/C17H15FN4O3S/c1-11-14(10-20-22(11)16-8-3-2-7-15(16)18)17(23)21-12-5-4-6-13(9-12)26(19,24)25/h2-10H,1H3,(H,21,23)(H2,19,24,25). The van der Waals surface area contributed by atoms with E-state index in [1.807, 2.05) is 0 Å². The van der Waals surface area contributed by atoms with Crippen LogP contribution in [0, 0.1) is 12.7 Å². The summed E-state index contributed by atoms with van der Waals surface area (Å²) >= 11 is 0. The molecule has 0 radical (unpaired) electrons. The molecule has 0 saturated carbocycles. The number of nitrogens with one attached hydrogen (secondary N) is 1. The highest BCUT2D eigenvalue weighted by atomic mass is 32.2. The predicted octanol–water partition coefficient (Wildman–Crippen LogP) is 2.22. The molecule has 0 aliphatic heterocycles. The summed E-state index contributed by atoms with van der Waals surface area (Å²) in [5.74, 6) is -0.969. The maximum absolute atomic E-state index is 13.9. The van der Waals surface area contributed by atoms with E-state index in [1.54, 1.807) is 25.1 Å². The van der Waals surface area contributed by atoms with Crippen molar-refractivity contribution in [2.24, 2.45) is 5.14 Å². The van der Waals surface area contributed by atoms with E-state index >= 15 is 0 Å². The molecule has 0 spiro atoms. The Hall–Kier alpha value is -3.04. The van der Waals surface area contributed by atoms with Crippen molar-refractivity contribution >= 4 is 21.6 Å². The molecule has 3 N–H and O–H groups in total. The Morgan fingerprint density at radius 1 is 1.19 bits per heavy atom. The summed E-state index contributed by atoms with van der Waals surface area (Å²) in [7, 11) is -3.88. The SMILES string of the molecule is Cc1c(C(=O)Nc2cccc(S(N)(=O)=O)c2)cnn1-c1ccccc1F. The van der Waals surface area contributed by atoms with E-state index < -0.39 is 21.7 Å². The van der Waals surface area contributed by atoms with Crippen LogP contribution in [0.1, 0.15) is 16.1 Å². The fourth-order valence-corrected chi connectivity index (χ4v) is 3.01. The van der Waals surface area contributed by atoms with Crippen LogP contribution in [-0.2, 0) is 10.0 Å². The van der Waals surface area contributed by atoms with Gasteiger partial charge < -0.3 is 5.32 Å². The average Bonchev–Trinajstić information content (AvgIpc) is 2.96. The molecule has 0 atom stereocenters. The number of anilines is 1. The molecule has 134 valence electrons. The van der Waals surface area contributed by atoms with Crippen LogP contribution < -0.4 is 10.5 Å². The largest absolute Gasteiger partial charge is 0.322 e. The van der Waals surface area contributed by atoms with Crippen molar-refractivity contribution in [1.29, 1.82) is 0 Å². The van der Waals surface area contributed by atoms with Gasteiger partial charge in [0.15, 0.2) is 0 Å². The summed E-state index contributed by atoms with van der Waals surface area (Å²) in [4.78, 5) is 12.4. The topological polar surface area (TPSA) is 107 Å². The summed E-state index contributed by atoms with van der Waals surface area (Å²) in [6.07, 6.45) is 1.32. The zero-order chi connectivity index (χ0) is 18.9. The van der Waals surface area contributed by atoms with Gasteiger partial charge in [-0.1, -0.05) is 18.2 Å². The van der Waals surface area contributed by atoms with Crippen molar-refractivity contribution in [1.82, 2.24) is 9.78 Å². The summed E-state index contributed by atoms with van der Waals surface area (Å²) in [6, 6.07) is 11.6. The van der Waals surface area contributed by atoms with Gasteiger partial charge in [0.2, 0.25) is 10.0 Å². The molecule has 1 amide bonds. The van der Waals surface area contributed by atoms with Gasteiger partial charge in [-0.15, -0.1) is 0 Å². The van der Waals surface area contributed by atoms with Crippen molar-refractivity contribution in [3.05, 3.63) is 71.8 Å². The van der Waals surface area contributed by atoms with Crippen molar-refractivity contribution in [2.75, 3.05) is 5.32 Å². The van der Waals surface area contributed by atoms with Gasteiger partial charge in [0.1, 0.15) is 11.5 Å². The van der Waals surface area contributed by atoms with Gasteiger partial charge >= 0.3 is 0 Å². The van der Waals surface area contributed by atoms with E-state index in [-0.39, 0.29) is 21.8 Å². The first-order chi connectivity index (χ1) is 12.3. The van der Waals surface area contributed by atoms with E-state index in [4.69, 9.17) is 5.14 Å². The zero-order valence-electron chi connectivity index (χ0n) is 13.7. The smallest absolute Gasteiger partial charge is 0.259 e. The summed E-state index contributed by atoms with van der Waals surface area (Å²) in [5.41, 5.74) is 1.16. The number of rotatable bonds is 4. The maximum atomic E-state index is 13.9. The second-order valence-corrected chi connectivity index (χ2v) is 7.10. The quantitative estimate of drug-likeness (QED) is 0.730. The minimum Gasteiger partial charge on any atom is -0.322 e. The third-order valence-electron chi connectivity index (χ3n) is 3.76. The number of aromatic nitrogens is 2. The predicted molar refractivity (Wildman–Crippen MR) is 94.0 cm³/mol. The Balaban J connectivity index is 1.90. The summed E-state index contributed by atoms with van der Waals surface area (Å²) < 4.78 is 38.1. The minimum atomic E-state index is -3.88. The Kier molecular flexibility index (Phi) is 4.58. The highest BCUT2D eigenvalue weighted by Crippen LogP contribution is 2.19. The number of nitrogens with zero attached hydrogens (tertiary/aromatic N) is 2. The fraction of sp³-hybridized carbons (Fsp3) is 0.0588. The lowest BCUT2D eigenvalue weighted by atomic mass is 10.2. The number of hydrogen-bond acceptors (Lipinski definition) is 4. The number of nitrogens with two attached hydrogens (primary N) is 1. The number of amides is 1. The molecule has 0 bridgehead atoms. The Morgan fingerprint density at radius 2 is 1.92 bits per heavy atom. The Labute approximate surface area is 149 Å². The molecule has 2 aromatic carbocycles. The third kappa shape index (κ3) is 3.48. The van der Waals surface area contributed by atoms with Crippen LogP contribution in [0.25, 0.3) is 5.69 Å². The number of halogens is 1. The summed E-state index contributed by atoms with van der Waals surface area (Å²) in [5, 5.41) is 11.7. The van der Waals surface area contributed by atoms with Crippen molar-refractivity contribution < 1.29 is 17.6 Å². The molecule has 0 aliphatic carbocycles. The number of para-hydroxylation sites is 1. The minimum absolute atomic E-state index is 0.117. The first-order valence-corrected chi connectivity index (χ1v) is 9.06. The van der Waals surface area contributed by atoms with Gasteiger partial charge in [-0.25, -0.2) is 22.6 Å². The molecular formula is C17H15FN4O3S. The molecule has 0 aliphatic rings. The van der Waals surface area contributed by atoms with E-state index in [9.17, 15) is 17.6 Å². The molecule has 0 unspecified atom stereocenters. The van der Waals surface area contributed by atoms with Gasteiger partial charge in [0, 0.05) is 5.69 Å². The van der Waals surface area contributed by atoms with E-state index in [0.29, 0.717) is 5.69 Å². The van der Waals surface area contributed by atoms with Crippen LogP contribution in [0.5, 0.6) is 0 Å². The molecule has 3 aromatic rings. The molecule has 0 fully saturated rings. The number of sulfonamides is 1. The normalized spacial score (nSPS) is 11.3. The van der Waals surface area contributed by atoms with Crippen molar-refractivity contribution in [2.45, 2.75) is 11.8 Å². The maximum Gasteiger partial charge on any atom is 0.259 e. The highest BCUT2D eigenvalue weighted by Gasteiger charge is 2.17. The zero-order valence-corrected chi connectivity index (χ0v) is 14.5. The molecule has 0 saturated heterocycles. The molecule has 9 heteroatoms. The summed E-state index contributed by atoms with van der Waals surface area (Å²) in [6.45, 7) is 1.63.